The summed E-state index contributed by atoms with van der Waals surface area (Å²) >= 11 is 0. The van der Waals surface area contributed by atoms with E-state index in [9.17, 15) is 4.79 Å². The van der Waals surface area contributed by atoms with Crippen molar-refractivity contribution >= 4 is 5.91 Å². The highest BCUT2D eigenvalue weighted by atomic mass is 16.5. The van der Waals surface area contributed by atoms with Crippen LogP contribution in [0.25, 0.3) is 0 Å². The van der Waals surface area contributed by atoms with Gasteiger partial charge in [0.2, 0.25) is 0 Å². The molecule has 0 aromatic heterocycles. The van der Waals surface area contributed by atoms with Gasteiger partial charge in [-0.15, -0.1) is 0 Å². The molecule has 0 saturated carbocycles. The molecule has 1 amide bonds. The van der Waals surface area contributed by atoms with Crippen LogP contribution < -0.4 is 9.47 Å². The lowest BCUT2D eigenvalue weighted by atomic mass is 10.0. The second-order valence-electron chi connectivity index (χ2n) is 6.65. The summed E-state index contributed by atoms with van der Waals surface area (Å²) < 4.78 is 10.9. The molecule has 0 bridgehead atoms. The van der Waals surface area contributed by atoms with Crippen molar-refractivity contribution in [3.05, 3.63) is 59.7 Å². The molecule has 2 aromatic rings. The standard InChI is InChI=1S/C22H24N2O3/c1-26-19-12-8-18(9-13-19)21-5-3-2-4-14-24(21)22(25)16-27-20-10-6-17(15-23)7-11-20/h6-13,21H,2-5,14,16H2,1H3/t21-/m0/s1. The lowest BCUT2D eigenvalue weighted by molar-refractivity contribution is -0.135. The first-order valence-corrected chi connectivity index (χ1v) is 9.27. The Labute approximate surface area is 160 Å². The molecule has 0 aliphatic carbocycles. The number of hydrogen-bond donors (Lipinski definition) is 0. The topological polar surface area (TPSA) is 62.6 Å². The Morgan fingerprint density at radius 1 is 1.07 bits per heavy atom. The third kappa shape index (κ3) is 4.79. The Morgan fingerprint density at radius 3 is 2.44 bits per heavy atom. The summed E-state index contributed by atoms with van der Waals surface area (Å²) in [6, 6.07) is 16.9. The van der Waals surface area contributed by atoms with Crippen molar-refractivity contribution in [2.75, 3.05) is 20.3 Å². The van der Waals surface area contributed by atoms with E-state index in [1.165, 1.54) is 0 Å². The van der Waals surface area contributed by atoms with Crippen molar-refractivity contribution in [2.45, 2.75) is 31.7 Å². The Hall–Kier alpha value is -3.00. The summed E-state index contributed by atoms with van der Waals surface area (Å²) in [6.07, 6.45) is 4.20. The van der Waals surface area contributed by atoms with Crippen molar-refractivity contribution < 1.29 is 14.3 Å². The molecule has 140 valence electrons. The summed E-state index contributed by atoms with van der Waals surface area (Å²) in [5.74, 6) is 1.40. The summed E-state index contributed by atoms with van der Waals surface area (Å²) in [7, 11) is 1.65. The maximum Gasteiger partial charge on any atom is 0.261 e. The first kappa shape index (κ1) is 18.8. The quantitative estimate of drug-likeness (QED) is 0.802. The molecular formula is C22H24N2O3. The van der Waals surface area contributed by atoms with Gasteiger partial charge in [0.15, 0.2) is 6.61 Å². The molecule has 5 nitrogen and oxygen atoms in total. The van der Waals surface area contributed by atoms with Crippen molar-refractivity contribution in [1.29, 1.82) is 5.26 Å². The molecule has 0 spiro atoms. The van der Waals surface area contributed by atoms with Crippen LogP contribution in [0, 0.1) is 11.3 Å². The average molecular weight is 364 g/mol. The first-order chi connectivity index (χ1) is 13.2. The van der Waals surface area contributed by atoms with Crippen LogP contribution in [0.1, 0.15) is 42.9 Å². The highest BCUT2D eigenvalue weighted by Gasteiger charge is 2.27. The molecule has 1 fully saturated rings. The smallest absolute Gasteiger partial charge is 0.261 e. The predicted molar refractivity (Wildman–Crippen MR) is 103 cm³/mol. The van der Waals surface area contributed by atoms with Crippen molar-refractivity contribution in [2.24, 2.45) is 0 Å². The van der Waals surface area contributed by atoms with Gasteiger partial charge < -0.3 is 14.4 Å². The van der Waals surface area contributed by atoms with Crippen molar-refractivity contribution in [3.8, 4) is 17.6 Å². The van der Waals surface area contributed by atoms with E-state index >= 15 is 0 Å². The minimum Gasteiger partial charge on any atom is -0.497 e. The maximum absolute atomic E-state index is 12.9. The first-order valence-electron chi connectivity index (χ1n) is 9.27. The van der Waals surface area contributed by atoms with Gasteiger partial charge in [0, 0.05) is 6.54 Å². The largest absolute Gasteiger partial charge is 0.497 e. The fraction of sp³-hybridized carbons (Fsp3) is 0.364. The maximum atomic E-state index is 12.9. The van der Waals surface area contributed by atoms with E-state index in [1.807, 2.05) is 29.2 Å². The number of ether oxygens (including phenoxy) is 2. The van der Waals surface area contributed by atoms with Gasteiger partial charge in [-0.25, -0.2) is 0 Å². The van der Waals surface area contributed by atoms with Gasteiger partial charge in [-0.1, -0.05) is 25.0 Å². The molecule has 0 N–H and O–H groups in total. The van der Waals surface area contributed by atoms with Gasteiger partial charge in [0.05, 0.1) is 24.8 Å². The zero-order chi connectivity index (χ0) is 19.1. The van der Waals surface area contributed by atoms with Crippen LogP contribution in [-0.4, -0.2) is 31.1 Å². The summed E-state index contributed by atoms with van der Waals surface area (Å²) in [5.41, 5.74) is 1.70. The Morgan fingerprint density at radius 2 is 1.78 bits per heavy atom. The van der Waals surface area contributed by atoms with E-state index in [0.29, 0.717) is 11.3 Å². The predicted octanol–water partition coefficient (Wildman–Crippen LogP) is 4.09. The van der Waals surface area contributed by atoms with Crippen molar-refractivity contribution in [3.63, 3.8) is 0 Å². The Balaban J connectivity index is 1.69. The van der Waals surface area contributed by atoms with E-state index in [1.54, 1.807) is 31.4 Å². The highest BCUT2D eigenvalue weighted by molar-refractivity contribution is 5.78. The highest BCUT2D eigenvalue weighted by Crippen LogP contribution is 2.31. The Bertz CT molecular complexity index is 794. The van der Waals surface area contributed by atoms with E-state index < -0.39 is 0 Å². The molecule has 27 heavy (non-hydrogen) atoms. The number of methoxy groups -OCH3 is 1. The Kier molecular flexibility index (Phi) is 6.32. The number of likely N-dealkylation sites (tertiary alicyclic amines) is 1. The van der Waals surface area contributed by atoms with Gasteiger partial charge >= 0.3 is 0 Å². The van der Waals surface area contributed by atoms with Crippen LogP contribution >= 0.6 is 0 Å². The van der Waals surface area contributed by atoms with Crippen molar-refractivity contribution in [1.82, 2.24) is 4.90 Å². The van der Waals surface area contributed by atoms with Gasteiger partial charge in [-0.2, -0.15) is 5.26 Å². The number of benzene rings is 2. The van der Waals surface area contributed by atoms with E-state index in [4.69, 9.17) is 14.7 Å². The normalized spacial score (nSPS) is 16.9. The molecule has 0 unspecified atom stereocenters. The minimum absolute atomic E-state index is 0.00143. The monoisotopic (exact) mass is 364 g/mol. The second-order valence-corrected chi connectivity index (χ2v) is 6.65. The van der Waals surface area contributed by atoms with E-state index in [-0.39, 0.29) is 18.6 Å². The van der Waals surface area contributed by atoms with Gasteiger partial charge in [0.25, 0.3) is 5.91 Å². The second kappa shape index (κ2) is 9.09. The number of amides is 1. The molecular weight excluding hydrogens is 340 g/mol. The molecule has 1 aliphatic rings. The van der Waals surface area contributed by atoms with E-state index in [2.05, 4.69) is 6.07 Å². The van der Waals surface area contributed by atoms with Crippen LogP contribution in [-0.2, 0) is 4.79 Å². The average Bonchev–Trinajstić information content (AvgIpc) is 2.98. The van der Waals surface area contributed by atoms with Crippen LogP contribution in [0.15, 0.2) is 48.5 Å². The number of carbonyl (C=O) groups excluding carboxylic acids is 1. The fourth-order valence-corrected chi connectivity index (χ4v) is 3.43. The number of nitriles is 1. The molecule has 1 saturated heterocycles. The third-order valence-electron chi connectivity index (χ3n) is 4.92. The lowest BCUT2D eigenvalue weighted by Gasteiger charge is -2.30. The van der Waals surface area contributed by atoms with Crippen LogP contribution in [0.2, 0.25) is 0 Å². The molecule has 1 atom stereocenters. The number of carbonyl (C=O) groups is 1. The molecule has 0 radical (unpaired) electrons. The minimum atomic E-state index is -0.0120. The molecule has 1 aliphatic heterocycles. The SMILES string of the molecule is COc1ccc([C@@H]2CCCCCN2C(=O)COc2ccc(C#N)cc2)cc1. The molecule has 5 heteroatoms. The number of nitrogens with zero attached hydrogens (tertiary/aromatic N) is 2. The number of rotatable bonds is 5. The van der Waals surface area contributed by atoms with E-state index in [0.717, 1.165) is 43.5 Å². The van der Waals surface area contributed by atoms with Gasteiger partial charge in [-0.05, 0) is 54.8 Å². The zero-order valence-corrected chi connectivity index (χ0v) is 15.6. The summed E-state index contributed by atoms with van der Waals surface area (Å²) in [4.78, 5) is 14.8. The third-order valence-corrected chi connectivity index (χ3v) is 4.92. The molecule has 1 heterocycles. The summed E-state index contributed by atoms with van der Waals surface area (Å²) in [5, 5.41) is 8.85. The number of hydrogen-bond acceptors (Lipinski definition) is 4. The van der Waals surface area contributed by atoms with Crippen LogP contribution in [0.3, 0.4) is 0 Å². The molecule has 2 aromatic carbocycles. The summed E-state index contributed by atoms with van der Waals surface area (Å²) in [6.45, 7) is 0.741. The fourth-order valence-electron chi connectivity index (χ4n) is 3.43. The van der Waals surface area contributed by atoms with Gasteiger partial charge in [-0.3, -0.25) is 4.79 Å². The van der Waals surface area contributed by atoms with Crippen LogP contribution in [0.4, 0.5) is 0 Å². The molecule has 3 rings (SSSR count). The lowest BCUT2D eigenvalue weighted by Crippen LogP contribution is -2.38. The van der Waals surface area contributed by atoms with Crippen LogP contribution in [0.5, 0.6) is 11.5 Å². The van der Waals surface area contributed by atoms with Gasteiger partial charge in [0.1, 0.15) is 11.5 Å². The zero-order valence-electron chi connectivity index (χ0n) is 15.6.